The Labute approximate surface area is 142 Å². The van der Waals surface area contributed by atoms with Crippen molar-refractivity contribution in [2.45, 2.75) is 6.18 Å². The molecule has 0 bridgehead atoms. The largest absolute Gasteiger partial charge is 0.507 e. The van der Waals surface area contributed by atoms with Crippen LogP contribution in [0.25, 0.3) is 6.08 Å². The second-order valence-corrected chi connectivity index (χ2v) is 5.05. The van der Waals surface area contributed by atoms with Crippen molar-refractivity contribution in [3.05, 3.63) is 59.2 Å². The van der Waals surface area contributed by atoms with Gasteiger partial charge >= 0.3 is 6.18 Å². The summed E-state index contributed by atoms with van der Waals surface area (Å²) in [6.07, 6.45) is -2.14. The second kappa shape index (κ2) is 7.29. The van der Waals surface area contributed by atoms with E-state index in [0.29, 0.717) is 0 Å². The highest BCUT2D eigenvalue weighted by atomic mass is 19.4. The smallest absolute Gasteiger partial charge is 0.416 e. The number of carbonyl (C=O) groups excluding carboxylic acids is 1. The van der Waals surface area contributed by atoms with Crippen LogP contribution in [0.1, 0.15) is 21.5 Å². The first kappa shape index (κ1) is 18.4. The lowest BCUT2D eigenvalue weighted by Gasteiger charge is -2.10. The van der Waals surface area contributed by atoms with Gasteiger partial charge < -0.3 is 14.6 Å². The predicted molar refractivity (Wildman–Crippen MR) is 86.0 cm³/mol. The van der Waals surface area contributed by atoms with Crippen LogP contribution in [-0.2, 0) is 6.18 Å². The fraction of sp³-hybridized carbons (Fsp3) is 0.167. The lowest BCUT2D eigenvalue weighted by Crippen LogP contribution is -2.04. The molecule has 0 aromatic heterocycles. The van der Waals surface area contributed by atoms with Crippen LogP contribution in [-0.4, -0.2) is 25.1 Å². The molecular formula is C18H15F3O4. The Morgan fingerprint density at radius 3 is 2.32 bits per heavy atom. The maximum Gasteiger partial charge on any atom is 0.416 e. The average Bonchev–Trinajstić information content (AvgIpc) is 2.58. The topological polar surface area (TPSA) is 55.8 Å². The molecule has 0 heterocycles. The Morgan fingerprint density at radius 1 is 1.08 bits per heavy atom. The van der Waals surface area contributed by atoms with Crippen LogP contribution in [0.5, 0.6) is 17.2 Å². The van der Waals surface area contributed by atoms with Crippen LogP contribution in [0.3, 0.4) is 0 Å². The summed E-state index contributed by atoms with van der Waals surface area (Å²) in [7, 11) is 2.76. The number of phenols is 1. The molecule has 0 radical (unpaired) electrons. The van der Waals surface area contributed by atoms with E-state index >= 15 is 0 Å². The fourth-order valence-corrected chi connectivity index (χ4v) is 2.15. The number of allylic oxidation sites excluding steroid dienone is 1. The molecule has 0 fully saturated rings. The highest BCUT2D eigenvalue weighted by molar-refractivity contribution is 6.09. The molecule has 0 saturated heterocycles. The van der Waals surface area contributed by atoms with Crippen molar-refractivity contribution in [3.63, 3.8) is 0 Å². The van der Waals surface area contributed by atoms with Crippen molar-refractivity contribution in [2.24, 2.45) is 0 Å². The summed E-state index contributed by atoms with van der Waals surface area (Å²) in [5, 5.41) is 9.92. The normalized spacial score (nSPS) is 11.6. The Hall–Kier alpha value is -2.96. The van der Waals surface area contributed by atoms with Crippen molar-refractivity contribution >= 4 is 11.9 Å². The Bertz CT molecular complexity index is 810. The van der Waals surface area contributed by atoms with Crippen LogP contribution >= 0.6 is 0 Å². The third kappa shape index (κ3) is 4.32. The van der Waals surface area contributed by atoms with Gasteiger partial charge in [0.1, 0.15) is 5.75 Å². The highest BCUT2D eigenvalue weighted by Crippen LogP contribution is 2.34. The number of aromatic hydroxyl groups is 1. The first-order valence-corrected chi connectivity index (χ1v) is 7.11. The minimum atomic E-state index is -4.46. The first-order valence-electron chi connectivity index (χ1n) is 7.11. The number of alkyl halides is 3. The Kier molecular flexibility index (Phi) is 5.36. The summed E-state index contributed by atoms with van der Waals surface area (Å²) in [6, 6.07) is 7.09. The molecular weight excluding hydrogens is 337 g/mol. The first-order chi connectivity index (χ1) is 11.8. The standard InChI is InChI=1S/C18H15F3O4/c1-24-16-9-13(15(23)10-17(16)25-2)14(22)7-6-11-4-3-5-12(8-11)18(19,20)21/h3-10,23H,1-2H3/b7-6+. The number of methoxy groups -OCH3 is 2. The molecule has 0 aliphatic carbocycles. The highest BCUT2D eigenvalue weighted by Gasteiger charge is 2.30. The fourth-order valence-electron chi connectivity index (χ4n) is 2.15. The van der Waals surface area contributed by atoms with Gasteiger partial charge in [0.05, 0.1) is 25.3 Å². The van der Waals surface area contributed by atoms with Crippen LogP contribution in [0.4, 0.5) is 13.2 Å². The van der Waals surface area contributed by atoms with Gasteiger partial charge in [-0.15, -0.1) is 0 Å². The molecule has 2 rings (SSSR count). The number of ether oxygens (including phenoxy) is 2. The molecule has 0 spiro atoms. The summed E-state index contributed by atoms with van der Waals surface area (Å²) >= 11 is 0. The van der Waals surface area contributed by atoms with Gasteiger partial charge in [0, 0.05) is 6.07 Å². The molecule has 0 aliphatic heterocycles. The third-order valence-corrected chi connectivity index (χ3v) is 3.41. The van der Waals surface area contributed by atoms with E-state index < -0.39 is 17.5 Å². The van der Waals surface area contributed by atoms with E-state index in [-0.39, 0.29) is 28.4 Å². The number of benzene rings is 2. The molecule has 0 atom stereocenters. The molecule has 25 heavy (non-hydrogen) atoms. The molecule has 0 saturated carbocycles. The molecule has 132 valence electrons. The lowest BCUT2D eigenvalue weighted by atomic mass is 10.1. The zero-order valence-corrected chi connectivity index (χ0v) is 13.4. The molecule has 0 unspecified atom stereocenters. The van der Waals surface area contributed by atoms with Gasteiger partial charge in [0.15, 0.2) is 17.3 Å². The van der Waals surface area contributed by atoms with E-state index in [2.05, 4.69) is 0 Å². The van der Waals surface area contributed by atoms with Crippen LogP contribution < -0.4 is 9.47 Å². The molecule has 0 amide bonds. The van der Waals surface area contributed by atoms with Gasteiger partial charge in [-0.1, -0.05) is 18.2 Å². The number of hydrogen-bond acceptors (Lipinski definition) is 4. The minimum absolute atomic E-state index is 0.0547. The van der Waals surface area contributed by atoms with E-state index in [1.807, 2.05) is 0 Å². The van der Waals surface area contributed by atoms with Crippen molar-refractivity contribution < 1.29 is 32.5 Å². The molecule has 1 N–H and O–H groups in total. The summed E-state index contributed by atoms with van der Waals surface area (Å²) in [6.45, 7) is 0. The summed E-state index contributed by atoms with van der Waals surface area (Å²) in [5.74, 6) is -0.415. The van der Waals surface area contributed by atoms with Crippen molar-refractivity contribution in [1.29, 1.82) is 0 Å². The monoisotopic (exact) mass is 352 g/mol. The molecule has 4 nitrogen and oxygen atoms in total. The Balaban J connectivity index is 2.29. The van der Waals surface area contributed by atoms with Crippen molar-refractivity contribution in [2.75, 3.05) is 14.2 Å². The van der Waals surface area contributed by atoms with Crippen LogP contribution in [0, 0.1) is 0 Å². The SMILES string of the molecule is COc1cc(O)c(C(=O)/C=C/c2cccc(C(F)(F)F)c2)cc1OC. The number of ketones is 1. The molecule has 7 heteroatoms. The zero-order valence-electron chi connectivity index (χ0n) is 13.4. The number of hydrogen-bond donors (Lipinski definition) is 1. The van der Waals surface area contributed by atoms with Gasteiger partial charge in [0.25, 0.3) is 0 Å². The Morgan fingerprint density at radius 2 is 1.72 bits per heavy atom. The van der Waals surface area contributed by atoms with Gasteiger partial charge in [-0.25, -0.2) is 0 Å². The van der Waals surface area contributed by atoms with E-state index in [4.69, 9.17) is 9.47 Å². The molecule has 2 aromatic rings. The average molecular weight is 352 g/mol. The van der Waals surface area contributed by atoms with E-state index in [1.54, 1.807) is 0 Å². The van der Waals surface area contributed by atoms with Crippen molar-refractivity contribution in [3.8, 4) is 17.2 Å². The van der Waals surface area contributed by atoms with E-state index in [1.165, 1.54) is 44.6 Å². The number of halogens is 3. The van der Waals surface area contributed by atoms with Gasteiger partial charge in [-0.3, -0.25) is 4.79 Å². The second-order valence-electron chi connectivity index (χ2n) is 5.05. The van der Waals surface area contributed by atoms with Crippen LogP contribution in [0.15, 0.2) is 42.5 Å². The molecule has 2 aromatic carbocycles. The number of phenolic OH excluding ortho intramolecular Hbond substituents is 1. The summed E-state index contributed by atoms with van der Waals surface area (Å²) in [4.78, 5) is 12.2. The number of carbonyl (C=O) groups is 1. The lowest BCUT2D eigenvalue weighted by molar-refractivity contribution is -0.137. The van der Waals surface area contributed by atoms with E-state index in [0.717, 1.165) is 18.2 Å². The third-order valence-electron chi connectivity index (χ3n) is 3.41. The zero-order chi connectivity index (χ0) is 18.6. The minimum Gasteiger partial charge on any atom is -0.507 e. The predicted octanol–water partition coefficient (Wildman–Crippen LogP) is 4.32. The van der Waals surface area contributed by atoms with Gasteiger partial charge in [-0.2, -0.15) is 13.2 Å². The van der Waals surface area contributed by atoms with Crippen molar-refractivity contribution in [1.82, 2.24) is 0 Å². The summed E-state index contributed by atoms with van der Waals surface area (Å²) < 4.78 is 48.1. The number of rotatable bonds is 5. The summed E-state index contributed by atoms with van der Waals surface area (Å²) in [5.41, 5.74) is -0.653. The molecule has 0 aliphatic rings. The van der Waals surface area contributed by atoms with Gasteiger partial charge in [-0.05, 0) is 29.8 Å². The maximum absolute atomic E-state index is 12.7. The van der Waals surface area contributed by atoms with Gasteiger partial charge in [0.2, 0.25) is 0 Å². The van der Waals surface area contributed by atoms with Crippen LogP contribution in [0.2, 0.25) is 0 Å². The quantitative estimate of drug-likeness (QED) is 0.643. The van der Waals surface area contributed by atoms with E-state index in [9.17, 15) is 23.1 Å². The maximum atomic E-state index is 12.7.